The first kappa shape index (κ1) is 12.9. The normalized spacial score (nSPS) is 14.9. The Morgan fingerprint density at radius 2 is 2.44 bits per heavy atom. The first-order valence-corrected chi connectivity index (χ1v) is 6.70. The van der Waals surface area contributed by atoms with E-state index < -0.39 is 0 Å². The molecule has 0 aromatic carbocycles. The maximum absolute atomic E-state index is 12.0. The Morgan fingerprint density at radius 1 is 1.61 bits per heavy atom. The lowest BCUT2D eigenvalue weighted by molar-refractivity contribution is -0.130. The highest BCUT2D eigenvalue weighted by molar-refractivity contribution is 8.13. The van der Waals surface area contributed by atoms with Gasteiger partial charge in [0.25, 0.3) is 5.24 Å². The third-order valence-corrected chi connectivity index (χ3v) is 3.63. The summed E-state index contributed by atoms with van der Waals surface area (Å²) in [4.78, 5) is 30.6. The minimum Gasteiger partial charge on any atom is -0.340 e. The van der Waals surface area contributed by atoms with Gasteiger partial charge in [0, 0.05) is 38.3 Å². The van der Waals surface area contributed by atoms with Gasteiger partial charge in [-0.15, -0.1) is 0 Å². The van der Waals surface area contributed by atoms with Crippen LogP contribution < -0.4 is 0 Å². The highest BCUT2D eigenvalue weighted by Crippen LogP contribution is 2.16. The van der Waals surface area contributed by atoms with Crippen molar-refractivity contribution in [3.8, 4) is 0 Å². The molecule has 1 fully saturated rings. The summed E-state index contributed by atoms with van der Waals surface area (Å²) < 4.78 is 0. The van der Waals surface area contributed by atoms with E-state index >= 15 is 0 Å². The van der Waals surface area contributed by atoms with Crippen LogP contribution in [0, 0.1) is 0 Å². The van der Waals surface area contributed by atoms with Gasteiger partial charge < -0.3 is 9.80 Å². The Balaban J connectivity index is 1.87. The first-order chi connectivity index (χ1) is 8.66. The van der Waals surface area contributed by atoms with Gasteiger partial charge in [0.2, 0.25) is 5.91 Å². The third kappa shape index (κ3) is 3.22. The summed E-state index contributed by atoms with van der Waals surface area (Å²) in [5.74, 6) is 0.730. The molecule has 18 heavy (non-hydrogen) atoms. The SMILES string of the molecule is CN(Cc1cccnc1)C(=O)CN1CCSC1=O. The third-order valence-electron chi connectivity index (χ3n) is 2.74. The van der Waals surface area contributed by atoms with E-state index in [1.54, 1.807) is 29.2 Å². The monoisotopic (exact) mass is 265 g/mol. The second-order valence-corrected chi connectivity index (χ2v) is 5.19. The van der Waals surface area contributed by atoms with E-state index in [1.165, 1.54) is 11.8 Å². The molecule has 0 aliphatic carbocycles. The molecule has 1 aliphatic heterocycles. The van der Waals surface area contributed by atoms with Crippen molar-refractivity contribution in [2.24, 2.45) is 0 Å². The number of hydrogen-bond acceptors (Lipinski definition) is 4. The Morgan fingerprint density at radius 3 is 3.06 bits per heavy atom. The summed E-state index contributed by atoms with van der Waals surface area (Å²) in [7, 11) is 1.74. The molecule has 1 aromatic heterocycles. The predicted molar refractivity (Wildman–Crippen MR) is 70.1 cm³/mol. The number of carbonyl (C=O) groups is 2. The summed E-state index contributed by atoms with van der Waals surface area (Å²) in [5, 5.41) is -0.00173. The highest BCUT2D eigenvalue weighted by atomic mass is 32.2. The van der Waals surface area contributed by atoms with Crippen molar-refractivity contribution in [2.45, 2.75) is 6.54 Å². The zero-order valence-corrected chi connectivity index (χ0v) is 11.0. The van der Waals surface area contributed by atoms with Crippen LogP contribution in [0.1, 0.15) is 5.56 Å². The number of likely N-dealkylation sites (N-methyl/N-ethyl adjacent to an activating group) is 1. The summed E-state index contributed by atoms with van der Waals surface area (Å²) in [6.45, 7) is 1.35. The van der Waals surface area contributed by atoms with Crippen molar-refractivity contribution in [3.63, 3.8) is 0 Å². The lowest BCUT2D eigenvalue weighted by Gasteiger charge is -2.21. The zero-order valence-electron chi connectivity index (χ0n) is 10.2. The first-order valence-electron chi connectivity index (χ1n) is 5.71. The van der Waals surface area contributed by atoms with Crippen LogP contribution in [0.15, 0.2) is 24.5 Å². The lowest BCUT2D eigenvalue weighted by atomic mass is 10.2. The smallest absolute Gasteiger partial charge is 0.282 e. The predicted octanol–water partition coefficient (Wildman–Crippen LogP) is 1.21. The maximum atomic E-state index is 12.0. The fraction of sp³-hybridized carbons (Fsp3) is 0.417. The molecule has 96 valence electrons. The summed E-state index contributed by atoms with van der Waals surface area (Å²) in [6.07, 6.45) is 3.44. The highest BCUT2D eigenvalue weighted by Gasteiger charge is 2.24. The number of nitrogens with zero attached hydrogens (tertiary/aromatic N) is 3. The minimum absolute atomic E-state index is 0.00173. The van der Waals surface area contributed by atoms with Gasteiger partial charge in [0.15, 0.2) is 0 Å². The number of pyridine rings is 1. The molecule has 2 heterocycles. The largest absolute Gasteiger partial charge is 0.340 e. The lowest BCUT2D eigenvalue weighted by Crippen LogP contribution is -2.38. The number of carbonyl (C=O) groups excluding carboxylic acids is 2. The van der Waals surface area contributed by atoms with E-state index in [1.807, 2.05) is 12.1 Å². The molecule has 2 amide bonds. The van der Waals surface area contributed by atoms with Crippen LogP contribution in [-0.4, -0.2) is 51.8 Å². The standard InChI is InChI=1S/C12H15N3O2S/c1-14(8-10-3-2-4-13-7-10)11(16)9-15-5-6-18-12(15)17/h2-4,7H,5-6,8-9H2,1H3. The molecule has 0 bridgehead atoms. The van der Waals surface area contributed by atoms with E-state index in [4.69, 9.17) is 0 Å². The fourth-order valence-corrected chi connectivity index (χ4v) is 2.53. The van der Waals surface area contributed by atoms with Crippen molar-refractivity contribution < 1.29 is 9.59 Å². The molecule has 0 spiro atoms. The van der Waals surface area contributed by atoms with Crippen LogP contribution in [0.4, 0.5) is 4.79 Å². The molecule has 0 atom stereocenters. The average Bonchev–Trinajstić information content (AvgIpc) is 2.76. The van der Waals surface area contributed by atoms with Gasteiger partial charge in [-0.25, -0.2) is 0 Å². The van der Waals surface area contributed by atoms with Crippen molar-refractivity contribution in [1.82, 2.24) is 14.8 Å². The summed E-state index contributed by atoms with van der Waals surface area (Å²) in [5.41, 5.74) is 0.982. The Bertz CT molecular complexity index is 438. The summed E-state index contributed by atoms with van der Waals surface area (Å²) >= 11 is 1.27. The second-order valence-electron chi connectivity index (χ2n) is 4.15. The summed E-state index contributed by atoms with van der Waals surface area (Å²) in [6, 6.07) is 3.77. The van der Waals surface area contributed by atoms with Gasteiger partial charge in [-0.05, 0) is 11.6 Å². The van der Waals surface area contributed by atoms with Crippen LogP contribution in [0.5, 0.6) is 0 Å². The van der Waals surface area contributed by atoms with Crippen LogP contribution >= 0.6 is 11.8 Å². The number of aromatic nitrogens is 1. The van der Waals surface area contributed by atoms with E-state index in [0.29, 0.717) is 13.1 Å². The molecule has 2 rings (SSSR count). The maximum Gasteiger partial charge on any atom is 0.282 e. The van der Waals surface area contributed by atoms with Gasteiger partial charge in [0.05, 0.1) is 0 Å². The van der Waals surface area contributed by atoms with Crippen molar-refractivity contribution in [2.75, 3.05) is 25.9 Å². The molecule has 1 saturated heterocycles. The van der Waals surface area contributed by atoms with Crippen LogP contribution in [0.3, 0.4) is 0 Å². The van der Waals surface area contributed by atoms with Gasteiger partial charge in [-0.3, -0.25) is 14.6 Å². The van der Waals surface area contributed by atoms with E-state index in [9.17, 15) is 9.59 Å². The molecule has 0 radical (unpaired) electrons. The average molecular weight is 265 g/mol. The van der Waals surface area contributed by atoms with Crippen LogP contribution in [-0.2, 0) is 11.3 Å². The van der Waals surface area contributed by atoms with Crippen LogP contribution in [0.25, 0.3) is 0 Å². The molecule has 1 aliphatic rings. The van der Waals surface area contributed by atoms with Gasteiger partial charge in [-0.1, -0.05) is 17.8 Å². The van der Waals surface area contributed by atoms with Crippen molar-refractivity contribution in [1.29, 1.82) is 0 Å². The van der Waals surface area contributed by atoms with Crippen LogP contribution in [0.2, 0.25) is 0 Å². The van der Waals surface area contributed by atoms with Gasteiger partial charge in [0.1, 0.15) is 6.54 Å². The molecule has 0 unspecified atom stereocenters. The number of rotatable bonds is 4. The van der Waals surface area contributed by atoms with Crippen molar-refractivity contribution in [3.05, 3.63) is 30.1 Å². The Hall–Kier alpha value is -1.56. The number of hydrogen-bond donors (Lipinski definition) is 0. The van der Waals surface area contributed by atoms with E-state index in [2.05, 4.69) is 4.98 Å². The zero-order chi connectivity index (χ0) is 13.0. The molecule has 0 saturated carbocycles. The molecular formula is C12H15N3O2S. The second kappa shape index (κ2) is 5.86. The quantitative estimate of drug-likeness (QED) is 0.821. The molecule has 6 heteroatoms. The Labute approximate surface area is 110 Å². The molecule has 1 aromatic rings. The number of thioether (sulfide) groups is 1. The topological polar surface area (TPSA) is 53.5 Å². The number of amides is 2. The Kier molecular flexibility index (Phi) is 4.19. The molecule has 5 nitrogen and oxygen atoms in total. The van der Waals surface area contributed by atoms with Gasteiger partial charge in [-0.2, -0.15) is 0 Å². The van der Waals surface area contributed by atoms with E-state index in [-0.39, 0.29) is 17.7 Å². The molecule has 0 N–H and O–H groups in total. The van der Waals surface area contributed by atoms with Crippen molar-refractivity contribution >= 4 is 22.9 Å². The molecular weight excluding hydrogens is 250 g/mol. The van der Waals surface area contributed by atoms with Gasteiger partial charge >= 0.3 is 0 Å². The minimum atomic E-state index is -0.0466. The fourth-order valence-electron chi connectivity index (χ4n) is 1.71. The van der Waals surface area contributed by atoms with E-state index in [0.717, 1.165) is 11.3 Å².